The molecule has 1 spiro atoms. The average Bonchev–Trinajstić information content (AvgIpc) is 3.49. The molecule has 7 nitrogen and oxygen atoms in total. The lowest BCUT2D eigenvalue weighted by Gasteiger charge is -2.36. The van der Waals surface area contributed by atoms with Gasteiger partial charge in [0.1, 0.15) is 11.4 Å². The number of nitrogens with zero attached hydrogens (tertiary/aromatic N) is 3. The van der Waals surface area contributed by atoms with Crippen molar-refractivity contribution in [3.05, 3.63) is 98.8 Å². The second-order valence-corrected chi connectivity index (χ2v) is 10.6. The fourth-order valence-electron chi connectivity index (χ4n) is 5.68. The molecule has 1 aromatic heterocycles. The van der Waals surface area contributed by atoms with Gasteiger partial charge in [-0.05, 0) is 54.8 Å². The molecule has 0 aliphatic carbocycles. The Balaban J connectivity index is 1.75. The Hall–Kier alpha value is -3.81. The number of rotatable bonds is 4. The number of aromatic nitrogens is 2. The van der Waals surface area contributed by atoms with Crippen molar-refractivity contribution in [3.63, 3.8) is 0 Å². The fraction of sp³-hybridized carbons (Fsp3) is 0.207. The summed E-state index contributed by atoms with van der Waals surface area (Å²) < 4.78 is 7.36. The standard InChI is InChI=1S/C29H24Cl2N4O3/c1-15(2)26-24-25(33-35(26)21-7-5-6-8-23(21)38-4)27(36)34(22-14-18(31)10-9-16(22)3)29(24)19-12-11-17(30)13-20(19)32-28(29)37/h5-15H,1-4H3,(H,32,37). The molecule has 1 unspecified atom stereocenters. The number of nitrogens with one attached hydrogen (secondary N) is 1. The van der Waals surface area contributed by atoms with Gasteiger partial charge in [-0.1, -0.05) is 61.3 Å². The number of para-hydroxylation sites is 2. The Bertz CT molecular complexity index is 1660. The molecule has 0 saturated carbocycles. The van der Waals surface area contributed by atoms with Gasteiger partial charge >= 0.3 is 0 Å². The van der Waals surface area contributed by atoms with E-state index in [1.807, 2.05) is 51.1 Å². The molecule has 2 aliphatic heterocycles. The second-order valence-electron chi connectivity index (χ2n) is 9.77. The molecule has 0 bridgehead atoms. The molecule has 0 fully saturated rings. The third-order valence-corrected chi connectivity index (χ3v) is 7.71. The minimum absolute atomic E-state index is 0.106. The fourth-order valence-corrected chi connectivity index (χ4v) is 6.02. The number of amides is 2. The molecule has 1 N–H and O–H groups in total. The van der Waals surface area contributed by atoms with Gasteiger partial charge in [-0.25, -0.2) is 4.68 Å². The number of fused-ring (bicyclic) bond motifs is 4. The zero-order valence-corrected chi connectivity index (χ0v) is 22.7. The van der Waals surface area contributed by atoms with Crippen LogP contribution in [-0.4, -0.2) is 28.7 Å². The Morgan fingerprint density at radius 1 is 0.974 bits per heavy atom. The van der Waals surface area contributed by atoms with Crippen LogP contribution in [0.2, 0.25) is 10.0 Å². The van der Waals surface area contributed by atoms with Gasteiger partial charge in [-0.15, -0.1) is 0 Å². The molecule has 0 saturated heterocycles. The van der Waals surface area contributed by atoms with Gasteiger partial charge in [0.15, 0.2) is 11.2 Å². The highest BCUT2D eigenvalue weighted by Crippen LogP contribution is 2.55. The highest BCUT2D eigenvalue weighted by atomic mass is 35.5. The molecule has 192 valence electrons. The van der Waals surface area contributed by atoms with Crippen LogP contribution in [0.1, 0.15) is 52.6 Å². The molecule has 0 radical (unpaired) electrons. The molecule has 3 aromatic carbocycles. The van der Waals surface area contributed by atoms with Crippen molar-refractivity contribution in [2.45, 2.75) is 32.2 Å². The molecule has 2 amide bonds. The van der Waals surface area contributed by atoms with Gasteiger partial charge in [-0.2, -0.15) is 5.10 Å². The van der Waals surface area contributed by atoms with Crippen molar-refractivity contribution < 1.29 is 14.3 Å². The average molecular weight is 547 g/mol. The van der Waals surface area contributed by atoms with Crippen molar-refractivity contribution >= 4 is 46.4 Å². The van der Waals surface area contributed by atoms with E-state index in [-0.39, 0.29) is 23.4 Å². The number of carbonyl (C=O) groups is 2. The van der Waals surface area contributed by atoms with Crippen molar-refractivity contribution in [2.24, 2.45) is 0 Å². The van der Waals surface area contributed by atoms with Crippen molar-refractivity contribution in [2.75, 3.05) is 17.3 Å². The van der Waals surface area contributed by atoms with Gasteiger partial charge in [0.05, 0.1) is 18.5 Å². The molecule has 9 heteroatoms. The van der Waals surface area contributed by atoms with Crippen LogP contribution in [0.25, 0.3) is 5.69 Å². The van der Waals surface area contributed by atoms with Gasteiger partial charge in [-0.3, -0.25) is 14.5 Å². The zero-order valence-electron chi connectivity index (χ0n) is 21.2. The number of aryl methyl sites for hydroxylation is 1. The van der Waals surface area contributed by atoms with E-state index in [9.17, 15) is 9.59 Å². The smallest absolute Gasteiger partial charge is 0.280 e. The lowest BCUT2D eigenvalue weighted by atomic mass is 9.81. The van der Waals surface area contributed by atoms with Crippen LogP contribution in [0.5, 0.6) is 5.75 Å². The van der Waals surface area contributed by atoms with Crippen molar-refractivity contribution in [1.29, 1.82) is 0 Å². The largest absolute Gasteiger partial charge is 0.494 e. The van der Waals surface area contributed by atoms with E-state index in [1.165, 1.54) is 0 Å². The number of anilines is 2. The van der Waals surface area contributed by atoms with E-state index in [2.05, 4.69) is 5.32 Å². The Kier molecular flexibility index (Phi) is 5.56. The van der Waals surface area contributed by atoms with E-state index >= 15 is 0 Å². The SMILES string of the molecule is COc1ccccc1-n1nc2c(c1C(C)C)C1(C(=O)Nc3cc(Cl)ccc31)N(c1cc(Cl)ccc1C)C2=O. The maximum absolute atomic E-state index is 14.4. The molecule has 3 heterocycles. The third-order valence-electron chi connectivity index (χ3n) is 7.24. The first-order chi connectivity index (χ1) is 18.2. The molecular formula is C29H24Cl2N4O3. The first-order valence-corrected chi connectivity index (χ1v) is 12.9. The predicted molar refractivity (Wildman–Crippen MR) is 148 cm³/mol. The van der Waals surface area contributed by atoms with Gasteiger partial charge in [0, 0.05) is 26.9 Å². The number of hydrogen-bond donors (Lipinski definition) is 1. The third kappa shape index (κ3) is 3.18. The zero-order chi connectivity index (χ0) is 26.9. The van der Waals surface area contributed by atoms with E-state index < -0.39 is 5.54 Å². The first kappa shape index (κ1) is 24.5. The molecular weight excluding hydrogens is 523 g/mol. The minimum atomic E-state index is -1.51. The van der Waals surface area contributed by atoms with Crippen LogP contribution in [0.3, 0.4) is 0 Å². The normalized spacial score (nSPS) is 17.8. The number of hydrogen-bond acceptors (Lipinski definition) is 4. The summed E-state index contributed by atoms with van der Waals surface area (Å²) in [6, 6.07) is 18.0. The summed E-state index contributed by atoms with van der Waals surface area (Å²) in [5.74, 6) is -0.255. The Morgan fingerprint density at radius 3 is 2.42 bits per heavy atom. The van der Waals surface area contributed by atoms with E-state index in [4.69, 9.17) is 33.0 Å². The van der Waals surface area contributed by atoms with E-state index in [0.29, 0.717) is 44.0 Å². The summed E-state index contributed by atoms with van der Waals surface area (Å²) in [6.45, 7) is 5.92. The number of benzene rings is 3. The molecule has 4 aromatic rings. The van der Waals surface area contributed by atoms with Crippen LogP contribution < -0.4 is 15.0 Å². The second kappa shape index (κ2) is 8.61. The minimum Gasteiger partial charge on any atom is -0.494 e. The quantitative estimate of drug-likeness (QED) is 0.318. The lowest BCUT2D eigenvalue weighted by molar-refractivity contribution is -0.119. The van der Waals surface area contributed by atoms with Crippen LogP contribution in [0.15, 0.2) is 60.7 Å². The summed E-state index contributed by atoms with van der Waals surface area (Å²) in [7, 11) is 1.59. The topological polar surface area (TPSA) is 76.5 Å². The Labute approximate surface area is 229 Å². The van der Waals surface area contributed by atoms with Crippen molar-refractivity contribution in [3.8, 4) is 11.4 Å². The number of ether oxygens (including phenoxy) is 1. The number of methoxy groups -OCH3 is 1. The monoisotopic (exact) mass is 546 g/mol. The van der Waals surface area contributed by atoms with Crippen LogP contribution in [0.4, 0.5) is 11.4 Å². The van der Waals surface area contributed by atoms with Crippen molar-refractivity contribution in [1.82, 2.24) is 9.78 Å². The van der Waals surface area contributed by atoms with E-state index in [1.54, 1.807) is 47.0 Å². The summed E-state index contributed by atoms with van der Waals surface area (Å²) in [5.41, 5.74) is 3.16. The lowest BCUT2D eigenvalue weighted by Crippen LogP contribution is -2.51. The van der Waals surface area contributed by atoms with Crippen LogP contribution in [-0.2, 0) is 10.3 Å². The van der Waals surface area contributed by atoms with Crippen LogP contribution >= 0.6 is 23.2 Å². The molecule has 38 heavy (non-hydrogen) atoms. The van der Waals surface area contributed by atoms with E-state index in [0.717, 1.165) is 11.3 Å². The predicted octanol–water partition coefficient (Wildman–Crippen LogP) is 6.48. The number of halogens is 2. The summed E-state index contributed by atoms with van der Waals surface area (Å²) in [4.78, 5) is 30.2. The number of carbonyl (C=O) groups excluding carboxylic acids is 2. The summed E-state index contributed by atoms with van der Waals surface area (Å²) in [5, 5.41) is 8.77. The van der Waals surface area contributed by atoms with Crippen LogP contribution in [0, 0.1) is 6.92 Å². The highest BCUT2D eigenvalue weighted by molar-refractivity contribution is 6.32. The maximum Gasteiger partial charge on any atom is 0.280 e. The first-order valence-electron chi connectivity index (χ1n) is 12.2. The maximum atomic E-state index is 14.4. The Morgan fingerprint density at radius 2 is 1.68 bits per heavy atom. The molecule has 2 aliphatic rings. The molecule has 6 rings (SSSR count). The highest BCUT2D eigenvalue weighted by Gasteiger charge is 2.64. The summed E-state index contributed by atoms with van der Waals surface area (Å²) in [6.07, 6.45) is 0. The van der Waals surface area contributed by atoms with Gasteiger partial charge < -0.3 is 10.1 Å². The van der Waals surface area contributed by atoms with Gasteiger partial charge in [0.2, 0.25) is 0 Å². The molecule has 1 atom stereocenters. The van der Waals surface area contributed by atoms with Gasteiger partial charge in [0.25, 0.3) is 11.8 Å². The summed E-state index contributed by atoms with van der Waals surface area (Å²) >= 11 is 12.7.